The van der Waals surface area contributed by atoms with Crippen LogP contribution in [0.15, 0.2) is 48.5 Å². The molecule has 1 atom stereocenters. The van der Waals surface area contributed by atoms with E-state index in [9.17, 15) is 45.9 Å². The van der Waals surface area contributed by atoms with Gasteiger partial charge in [0, 0.05) is 30.5 Å². The summed E-state index contributed by atoms with van der Waals surface area (Å²) in [7, 11) is 0. The number of esters is 1. The van der Waals surface area contributed by atoms with Crippen LogP contribution in [0.25, 0.3) is 10.9 Å². The molecule has 18 heteroatoms. The predicted molar refractivity (Wildman–Crippen MR) is 226 cm³/mol. The van der Waals surface area contributed by atoms with Crippen molar-refractivity contribution in [2.45, 2.75) is 110 Å². The zero-order valence-electron chi connectivity index (χ0n) is 35.3. The largest absolute Gasteiger partial charge is 0.445 e. The lowest BCUT2D eigenvalue weighted by atomic mass is 9.99. The molecule has 0 aliphatic heterocycles. The Labute approximate surface area is 362 Å². The highest BCUT2D eigenvalue weighted by molar-refractivity contribution is 5.97. The van der Waals surface area contributed by atoms with Crippen molar-refractivity contribution < 1.29 is 55.4 Å². The number of nitrogen functional groups attached to an aromatic ring is 1. The number of halogens is 5. The van der Waals surface area contributed by atoms with Crippen LogP contribution < -0.4 is 31.7 Å². The number of ether oxygens (including phenoxy) is 2. The van der Waals surface area contributed by atoms with Crippen LogP contribution in [-0.2, 0) is 43.4 Å². The first kappa shape index (κ1) is 49.3. The summed E-state index contributed by atoms with van der Waals surface area (Å²) < 4.78 is 76.7. The molecule has 4 aromatic rings. The Balaban J connectivity index is 1.04. The fourth-order valence-electron chi connectivity index (χ4n) is 6.44. The number of alkyl carbamates (subject to hydrolysis) is 1. The molecular weight excluding hydrogens is 832 g/mol. The number of unbranched alkanes of at least 4 members (excludes halogenated alkanes) is 6. The van der Waals surface area contributed by atoms with Gasteiger partial charge in [0.1, 0.15) is 18.5 Å². The van der Waals surface area contributed by atoms with Gasteiger partial charge in [-0.15, -0.1) is 0 Å². The molecule has 0 bridgehead atoms. The molecule has 0 fully saturated rings. The number of nitrogens with two attached hydrogens (primary N) is 1. The van der Waals surface area contributed by atoms with Crippen LogP contribution in [-0.4, -0.2) is 53.9 Å². The van der Waals surface area contributed by atoms with Gasteiger partial charge in [0.15, 0.2) is 0 Å². The van der Waals surface area contributed by atoms with Crippen LogP contribution in [0.4, 0.5) is 38.3 Å². The van der Waals surface area contributed by atoms with Gasteiger partial charge in [0.2, 0.25) is 52.6 Å². The number of aromatic nitrogens is 1. The van der Waals surface area contributed by atoms with Gasteiger partial charge in [-0.1, -0.05) is 56.9 Å². The van der Waals surface area contributed by atoms with Gasteiger partial charge < -0.3 is 36.5 Å². The summed E-state index contributed by atoms with van der Waals surface area (Å²) in [5.74, 6) is -15.4. The summed E-state index contributed by atoms with van der Waals surface area (Å²) in [5, 5.41) is 11.4. The molecule has 0 saturated heterocycles. The molecule has 6 N–H and O–H groups in total. The Hall–Kier alpha value is -6.33. The molecule has 0 radical (unpaired) electrons. The number of nitrogens with one attached hydrogen (secondary N) is 4. The van der Waals surface area contributed by atoms with Crippen molar-refractivity contribution in [3.05, 3.63) is 94.3 Å². The number of fused-ring (bicyclic) bond motifs is 1. The van der Waals surface area contributed by atoms with Gasteiger partial charge >= 0.3 is 12.1 Å². The number of anilines is 2. The standard InChI is InChI=1S/C45H53F5N6O7/c1-3-4-7-14-30-24-32-29(15-12-16-33(32)56-43(30)51)13-8-6-11-23-52-45(61)62-26-28-19-21-31(22-20-28)55-44(60)27(2)54-35(58)25-53-34(57)17-9-5-10-18-36(59)63-42-40(49)38(47)37(46)39(48)41(42)50/h12,15-16,19-22,24,27H,3-11,13-14,17-18,23,25-26H2,1-2H3,(H2,51,56)(H,52,61)(H,53,57)(H,54,58)(H,55,60). The van der Waals surface area contributed by atoms with Gasteiger partial charge in [-0.2, -0.15) is 8.78 Å². The highest BCUT2D eigenvalue weighted by Gasteiger charge is 2.28. The molecule has 340 valence electrons. The van der Waals surface area contributed by atoms with E-state index in [4.69, 9.17) is 10.5 Å². The minimum atomic E-state index is -2.38. The molecule has 4 amide bonds. The van der Waals surface area contributed by atoms with Crippen molar-refractivity contribution in [1.82, 2.24) is 20.9 Å². The van der Waals surface area contributed by atoms with E-state index in [-0.39, 0.29) is 32.3 Å². The van der Waals surface area contributed by atoms with Crippen LogP contribution in [0, 0.1) is 29.1 Å². The minimum absolute atomic E-state index is 0.0168. The number of hydrogen-bond donors (Lipinski definition) is 5. The molecule has 4 rings (SSSR count). The van der Waals surface area contributed by atoms with Crippen LogP contribution in [0.5, 0.6) is 5.75 Å². The minimum Gasteiger partial charge on any atom is -0.445 e. The lowest BCUT2D eigenvalue weighted by molar-refractivity contribution is -0.135. The first-order valence-electron chi connectivity index (χ1n) is 20.9. The molecule has 1 heterocycles. The quantitative estimate of drug-likeness (QED) is 0.0116. The van der Waals surface area contributed by atoms with E-state index in [1.807, 2.05) is 12.1 Å². The van der Waals surface area contributed by atoms with Gasteiger partial charge in [-0.3, -0.25) is 19.2 Å². The van der Waals surface area contributed by atoms with Crippen LogP contribution in [0.3, 0.4) is 0 Å². The van der Waals surface area contributed by atoms with E-state index in [0.29, 0.717) is 23.6 Å². The Morgan fingerprint density at radius 3 is 2.10 bits per heavy atom. The fourth-order valence-corrected chi connectivity index (χ4v) is 6.44. The van der Waals surface area contributed by atoms with Crippen LogP contribution in [0.1, 0.15) is 101 Å². The van der Waals surface area contributed by atoms with E-state index < -0.39 is 83.6 Å². The van der Waals surface area contributed by atoms with E-state index in [0.717, 1.165) is 67.8 Å². The van der Waals surface area contributed by atoms with Crippen molar-refractivity contribution >= 4 is 52.2 Å². The third-order valence-electron chi connectivity index (χ3n) is 9.98. The first-order chi connectivity index (χ1) is 30.2. The maximum atomic E-state index is 13.7. The highest BCUT2D eigenvalue weighted by atomic mass is 19.2. The second kappa shape index (κ2) is 24.9. The zero-order chi connectivity index (χ0) is 45.9. The van der Waals surface area contributed by atoms with E-state index >= 15 is 0 Å². The predicted octanol–water partition coefficient (Wildman–Crippen LogP) is 8.00. The van der Waals surface area contributed by atoms with Gasteiger partial charge in [-0.25, -0.2) is 22.9 Å². The molecule has 1 aromatic heterocycles. The SMILES string of the molecule is CCCCCc1cc2c(CCCCCNC(=O)OCc3ccc(NC(=O)C(C)NC(=O)CNC(=O)CCCCCC(=O)Oc4c(F)c(F)c(F)c(F)c4F)cc3)cccc2nc1N. The summed E-state index contributed by atoms with van der Waals surface area (Å²) in [6.45, 7) is 3.69. The number of amides is 4. The van der Waals surface area contributed by atoms with Crippen molar-refractivity contribution in [2.24, 2.45) is 0 Å². The molecule has 13 nitrogen and oxygen atoms in total. The lowest BCUT2D eigenvalue weighted by Gasteiger charge is -2.15. The molecule has 0 aliphatic rings. The lowest BCUT2D eigenvalue weighted by Crippen LogP contribution is -2.45. The normalized spacial score (nSPS) is 11.5. The number of aryl methyl sites for hydroxylation is 2. The third-order valence-corrected chi connectivity index (χ3v) is 9.98. The van der Waals surface area contributed by atoms with Crippen molar-refractivity contribution in [1.29, 1.82) is 0 Å². The maximum Gasteiger partial charge on any atom is 0.407 e. The van der Waals surface area contributed by atoms with Gasteiger partial charge in [0.25, 0.3) is 0 Å². The topological polar surface area (TPSA) is 191 Å². The molecule has 0 aliphatic carbocycles. The molecule has 63 heavy (non-hydrogen) atoms. The number of nitrogens with zero attached hydrogens (tertiary/aromatic N) is 1. The number of hydrogen-bond acceptors (Lipinski definition) is 9. The molecule has 1 unspecified atom stereocenters. The number of benzene rings is 3. The monoisotopic (exact) mass is 884 g/mol. The number of carbonyl (C=O) groups is 5. The van der Waals surface area contributed by atoms with Crippen molar-refractivity contribution in [3.63, 3.8) is 0 Å². The van der Waals surface area contributed by atoms with E-state index in [2.05, 4.69) is 50.0 Å². The number of rotatable bonds is 24. The average Bonchev–Trinajstić information content (AvgIpc) is 3.26. The summed E-state index contributed by atoms with van der Waals surface area (Å²) in [6.07, 6.45) is 7.42. The number of pyridine rings is 1. The Morgan fingerprint density at radius 1 is 0.730 bits per heavy atom. The van der Waals surface area contributed by atoms with Crippen molar-refractivity contribution in [3.8, 4) is 5.75 Å². The van der Waals surface area contributed by atoms with Crippen LogP contribution >= 0.6 is 0 Å². The first-order valence-corrected chi connectivity index (χ1v) is 20.9. The third kappa shape index (κ3) is 15.5. The van der Waals surface area contributed by atoms with Crippen molar-refractivity contribution in [2.75, 3.05) is 24.1 Å². The second-order valence-electron chi connectivity index (χ2n) is 15.0. The summed E-state index contributed by atoms with van der Waals surface area (Å²) in [5.41, 5.74) is 10.6. The molecule has 3 aromatic carbocycles. The highest BCUT2D eigenvalue weighted by Crippen LogP contribution is 2.30. The molecule has 0 spiro atoms. The fraction of sp³-hybridized carbons (Fsp3) is 0.422. The second-order valence-corrected chi connectivity index (χ2v) is 15.0. The Bertz CT molecular complexity index is 2200. The maximum absolute atomic E-state index is 13.7. The van der Waals surface area contributed by atoms with Gasteiger partial charge in [0.05, 0.1) is 12.1 Å². The van der Waals surface area contributed by atoms with E-state index in [1.165, 1.54) is 12.5 Å². The zero-order valence-corrected chi connectivity index (χ0v) is 35.3. The Morgan fingerprint density at radius 2 is 1.38 bits per heavy atom. The Kier molecular flexibility index (Phi) is 19.5. The summed E-state index contributed by atoms with van der Waals surface area (Å²) in [6, 6.07) is 13.9. The van der Waals surface area contributed by atoms with Gasteiger partial charge in [-0.05, 0) is 92.8 Å². The smallest absolute Gasteiger partial charge is 0.407 e. The summed E-state index contributed by atoms with van der Waals surface area (Å²) >= 11 is 0. The number of carbonyl (C=O) groups excluding carboxylic acids is 5. The van der Waals surface area contributed by atoms with Crippen LogP contribution in [0.2, 0.25) is 0 Å². The average molecular weight is 885 g/mol. The molecule has 0 saturated carbocycles. The summed E-state index contributed by atoms with van der Waals surface area (Å²) in [4.78, 5) is 65.9. The van der Waals surface area contributed by atoms with E-state index in [1.54, 1.807) is 24.3 Å². The molecular formula is C45H53F5N6O7.